The number of thiazole rings is 2. The number of amides is 5. The Morgan fingerprint density at radius 2 is 1.06 bits per heavy atom. The van der Waals surface area contributed by atoms with Gasteiger partial charge >= 0.3 is 18.2 Å². The number of aromatic nitrogens is 2. The molecule has 2 saturated heterocycles. The maximum Gasteiger partial charge on any atom is 0.407 e. The van der Waals surface area contributed by atoms with Crippen molar-refractivity contribution in [2.75, 3.05) is 46.6 Å². The van der Waals surface area contributed by atoms with E-state index in [-0.39, 0.29) is 41.5 Å². The van der Waals surface area contributed by atoms with Crippen LogP contribution in [0.25, 0.3) is 20.9 Å². The van der Waals surface area contributed by atoms with Crippen molar-refractivity contribution in [3.8, 4) is 20.9 Å². The number of piperidine rings is 2. The minimum Gasteiger partial charge on any atom is -0.446 e. The second kappa shape index (κ2) is 32.1. The maximum atomic E-state index is 13.6. The number of sulfonamides is 2. The molecular formula is C61H84N12O10S4. The van der Waals surface area contributed by atoms with Crippen molar-refractivity contribution < 1.29 is 45.9 Å². The number of aliphatic hydroxyl groups is 1. The van der Waals surface area contributed by atoms with Crippen LogP contribution in [-0.2, 0) is 42.7 Å². The Morgan fingerprint density at radius 1 is 0.655 bits per heavy atom. The van der Waals surface area contributed by atoms with Crippen molar-refractivity contribution in [2.45, 2.75) is 161 Å². The molecule has 2 aromatic heterocycles. The van der Waals surface area contributed by atoms with Crippen LogP contribution in [0, 0.1) is 0 Å². The molecule has 22 nitrogen and oxygen atoms in total. The van der Waals surface area contributed by atoms with Crippen LogP contribution in [0.4, 0.5) is 36.0 Å². The van der Waals surface area contributed by atoms with E-state index in [9.17, 15) is 41.1 Å². The van der Waals surface area contributed by atoms with E-state index in [1.165, 1.54) is 40.9 Å². The predicted octanol–water partition coefficient (Wildman–Crippen LogP) is 10.8. The summed E-state index contributed by atoms with van der Waals surface area (Å²) in [7, 11) is -7.89. The Hall–Kier alpha value is -7.29. The van der Waals surface area contributed by atoms with Gasteiger partial charge in [-0.05, 0) is 117 Å². The van der Waals surface area contributed by atoms with E-state index in [2.05, 4.69) is 60.8 Å². The van der Waals surface area contributed by atoms with Crippen LogP contribution >= 0.6 is 22.7 Å². The van der Waals surface area contributed by atoms with E-state index in [4.69, 9.17) is 4.74 Å². The van der Waals surface area contributed by atoms with Gasteiger partial charge in [0.05, 0.1) is 31.7 Å². The lowest BCUT2D eigenvalue weighted by atomic mass is 10.1. The number of aliphatic hydroxyl groups excluding tert-OH is 1. The number of hydrogen-bond donors (Lipinski definition) is 8. The van der Waals surface area contributed by atoms with Crippen LogP contribution in [-0.4, -0.2) is 118 Å². The lowest BCUT2D eigenvalue weighted by Crippen LogP contribution is -2.40. The van der Waals surface area contributed by atoms with Gasteiger partial charge in [-0.2, -0.15) is 0 Å². The Labute approximate surface area is 520 Å². The average molecular weight is 1270 g/mol. The number of isocyanates is 1. The Morgan fingerprint density at radius 3 is 1.41 bits per heavy atom. The van der Waals surface area contributed by atoms with Crippen LogP contribution in [0.1, 0.15) is 113 Å². The molecule has 4 heterocycles. The number of ether oxygens (including phenoxy) is 1. The molecule has 0 aliphatic carbocycles. The van der Waals surface area contributed by atoms with Gasteiger partial charge in [-0.15, -0.1) is 0 Å². The second-order valence-electron chi connectivity index (χ2n) is 23.2. The van der Waals surface area contributed by atoms with E-state index >= 15 is 0 Å². The molecule has 0 unspecified atom stereocenters. The van der Waals surface area contributed by atoms with Gasteiger partial charge in [0, 0.05) is 104 Å². The highest BCUT2D eigenvalue weighted by Crippen LogP contribution is 2.39. The van der Waals surface area contributed by atoms with Crippen LogP contribution in [0.5, 0.6) is 0 Å². The lowest BCUT2D eigenvalue weighted by Gasteiger charge is -2.31. The first kappa shape index (κ1) is 70.5. The third kappa shape index (κ3) is 23.1. The van der Waals surface area contributed by atoms with Gasteiger partial charge in [-0.1, -0.05) is 103 Å². The molecule has 0 radical (unpaired) electrons. The third-order valence-electron chi connectivity index (χ3n) is 12.5. The minimum absolute atomic E-state index is 0. The molecule has 0 saturated carbocycles. The van der Waals surface area contributed by atoms with Gasteiger partial charge in [0.15, 0.2) is 10.3 Å². The van der Waals surface area contributed by atoms with E-state index in [1.807, 2.05) is 88.4 Å². The van der Waals surface area contributed by atoms with Crippen molar-refractivity contribution in [1.29, 1.82) is 0 Å². The summed E-state index contributed by atoms with van der Waals surface area (Å²) in [4.78, 5) is 64.6. The van der Waals surface area contributed by atoms with Crippen molar-refractivity contribution in [1.82, 2.24) is 35.4 Å². The quantitative estimate of drug-likeness (QED) is 0.0311. The van der Waals surface area contributed by atoms with Gasteiger partial charge in [0.1, 0.15) is 6.10 Å². The Bertz CT molecular complexity index is 3480. The van der Waals surface area contributed by atoms with Crippen molar-refractivity contribution in [3.05, 3.63) is 121 Å². The van der Waals surface area contributed by atoms with Gasteiger partial charge in [0.2, 0.25) is 26.1 Å². The first-order valence-corrected chi connectivity index (χ1v) is 32.8. The summed E-state index contributed by atoms with van der Waals surface area (Å²) >= 11 is 2.80. The molecular weight excluding hydrogens is 1190 g/mol. The number of aliphatic imine (C=N–C) groups is 1. The molecule has 87 heavy (non-hydrogen) atoms. The number of hydrogen-bond acceptors (Lipinski definition) is 17. The van der Waals surface area contributed by atoms with Gasteiger partial charge in [0.25, 0.3) is 0 Å². The number of nitrogens with one attached hydrogen (secondary N) is 7. The Kier molecular flexibility index (Phi) is 26.0. The molecule has 0 atom stereocenters. The predicted molar refractivity (Wildman–Crippen MR) is 347 cm³/mol. The highest BCUT2D eigenvalue weighted by molar-refractivity contribution is 7.90. The van der Waals surface area contributed by atoms with Crippen LogP contribution < -0.4 is 45.8 Å². The first-order chi connectivity index (χ1) is 40.6. The standard InChI is InChI=1S/C30H40N6O5S2.C26H33N5O4S2.C4H7NO.CH4/c1-20(2)33-29(38)41-23-13-15-36(16-14-23)28-32-19-25(42-28)24-12-11-22(17-26(24)43(39,40)35-30(3,4)5)34-27(37)31-18-21-9-7-6-8-10-21;1-26(2,3)30-37(34,35)23-15-19(29-24(33)27-16-18-7-5-4-6-8-18)9-10-21(23)22-17-28-25(36-22)31-13-11-20(32)12-14-31;1-4(2)5-3-6;/h6-12,17,19-20,23,35H,13-16,18H2,1-5H3,(H,33,38)(H2,31,34,37);4-10,15,17,20,30,32H,11-14,16H2,1-3H3,(H2,27,29,33);4H,1-2H3;1H4. The molecule has 26 heteroatoms. The van der Waals surface area contributed by atoms with E-state index in [0.717, 1.165) is 21.4 Å². The van der Waals surface area contributed by atoms with E-state index in [1.54, 1.807) is 78.2 Å². The molecule has 8 rings (SSSR count). The zero-order valence-electron chi connectivity index (χ0n) is 50.3. The summed E-state index contributed by atoms with van der Waals surface area (Å²) in [5.74, 6) is 0. The van der Waals surface area contributed by atoms with Crippen LogP contribution in [0.2, 0.25) is 0 Å². The van der Waals surface area contributed by atoms with Gasteiger partial charge in [-0.25, -0.2) is 60.4 Å². The smallest absolute Gasteiger partial charge is 0.407 e. The summed E-state index contributed by atoms with van der Waals surface area (Å²) in [5.41, 5.74) is 2.18. The molecule has 2 fully saturated rings. The number of carbonyl (C=O) groups excluding carboxylic acids is 4. The fraction of sp³-hybridized carbons (Fsp3) is 0.443. The largest absolute Gasteiger partial charge is 0.446 e. The van der Waals surface area contributed by atoms with Crippen molar-refractivity contribution >= 4 is 88.6 Å². The average Bonchev–Trinajstić information content (AvgIpc) is 2.04. The van der Waals surface area contributed by atoms with Crippen molar-refractivity contribution in [3.63, 3.8) is 0 Å². The maximum absolute atomic E-state index is 13.6. The molecule has 5 amide bonds. The second-order valence-corrected chi connectivity index (χ2v) is 28.5. The monoisotopic (exact) mass is 1270 g/mol. The van der Waals surface area contributed by atoms with Gasteiger partial charge < -0.3 is 46.2 Å². The SMILES string of the molecule is C.CC(C)(C)NS(=O)(=O)c1cc(NC(=O)NCc2ccccc2)ccc1-c1cnc(N2CCC(O)CC2)s1.CC(C)N=C=O.CC(C)NC(=O)OC1CCN(c2ncc(-c3ccc(NC(=O)NCc4ccccc4)cc3S(=O)(=O)NC(C)(C)C)s2)CC1. The highest BCUT2D eigenvalue weighted by atomic mass is 32.2. The molecule has 4 aromatic carbocycles. The number of urea groups is 2. The zero-order chi connectivity index (χ0) is 62.8. The lowest BCUT2D eigenvalue weighted by molar-refractivity contribution is 0.0815. The summed E-state index contributed by atoms with van der Waals surface area (Å²) in [6.45, 7) is 21.5. The summed E-state index contributed by atoms with van der Waals surface area (Å²) in [6.07, 6.45) is 6.62. The molecule has 0 bridgehead atoms. The topological polar surface area (TPSA) is 295 Å². The molecule has 472 valence electrons. The summed E-state index contributed by atoms with van der Waals surface area (Å²) in [6, 6.07) is 27.9. The van der Waals surface area contributed by atoms with Crippen molar-refractivity contribution in [2.24, 2.45) is 4.99 Å². The zero-order valence-corrected chi connectivity index (χ0v) is 53.5. The fourth-order valence-corrected chi connectivity index (χ4v) is 14.2. The number of rotatable bonds is 17. The van der Waals surface area contributed by atoms with E-state index < -0.39 is 49.3 Å². The molecule has 0 spiro atoms. The molecule has 2 aliphatic rings. The fourth-order valence-electron chi connectivity index (χ4n) is 8.69. The normalized spacial score (nSPS) is 14.0. The van der Waals surface area contributed by atoms with Crippen LogP contribution in [0.15, 0.2) is 124 Å². The number of anilines is 4. The number of carbonyl (C=O) groups is 3. The number of alkyl carbamates (subject to hydrolysis) is 1. The van der Waals surface area contributed by atoms with Crippen LogP contribution in [0.3, 0.4) is 0 Å². The first-order valence-electron chi connectivity index (χ1n) is 28.2. The van der Waals surface area contributed by atoms with E-state index in [0.29, 0.717) is 97.2 Å². The minimum atomic E-state index is -3.96. The van der Waals surface area contributed by atoms with Gasteiger partial charge in [-0.3, -0.25) is 0 Å². The third-order valence-corrected chi connectivity index (χ3v) is 18.3. The Balaban J connectivity index is 0.000000289. The molecule has 2 aliphatic heterocycles. The highest BCUT2D eigenvalue weighted by Gasteiger charge is 2.30. The molecule has 8 N–H and O–H groups in total. The number of benzene rings is 4. The summed E-state index contributed by atoms with van der Waals surface area (Å²) < 4.78 is 65.0. The number of nitrogens with zero attached hydrogens (tertiary/aromatic N) is 5. The molecule has 6 aromatic rings. The summed E-state index contributed by atoms with van der Waals surface area (Å²) in [5, 5.41) is 25.2.